The van der Waals surface area contributed by atoms with Crippen LogP contribution in [0.15, 0.2) is 29.7 Å². The number of rotatable bonds is 4. The predicted octanol–water partition coefficient (Wildman–Crippen LogP) is 3.71. The zero-order valence-corrected chi connectivity index (χ0v) is 11.2. The number of carboxylic acid groups (broad SMARTS) is 1. The third kappa shape index (κ3) is 2.75. The molecule has 0 bridgehead atoms. The van der Waals surface area contributed by atoms with Crippen molar-refractivity contribution in [3.63, 3.8) is 0 Å². The lowest BCUT2D eigenvalue weighted by atomic mass is 10.2. The summed E-state index contributed by atoms with van der Waals surface area (Å²) in [6, 6.07) is 4.98. The van der Waals surface area contributed by atoms with Crippen LogP contribution >= 0.6 is 22.7 Å². The maximum atomic E-state index is 11.8. The van der Waals surface area contributed by atoms with Gasteiger partial charge >= 0.3 is 5.97 Å². The third-order valence-electron chi connectivity index (χ3n) is 2.35. The van der Waals surface area contributed by atoms with Gasteiger partial charge in [0.25, 0.3) is 0 Å². The van der Waals surface area contributed by atoms with Gasteiger partial charge in [-0.1, -0.05) is 0 Å². The van der Waals surface area contributed by atoms with Gasteiger partial charge in [-0.05, 0) is 48.2 Å². The van der Waals surface area contributed by atoms with E-state index in [2.05, 4.69) is 0 Å². The highest BCUT2D eigenvalue weighted by Gasteiger charge is 2.10. The van der Waals surface area contributed by atoms with E-state index in [0.717, 1.165) is 21.8 Å². The molecule has 0 aliphatic heterocycles. The molecule has 0 radical (unpaired) electrons. The SMILES string of the molecule is Cc1ccsc1/C=C/C(=O)c1ccc(C(=O)O)s1. The second-order valence-electron chi connectivity index (χ2n) is 3.63. The standard InChI is InChI=1S/C13H10O3S2/c1-8-6-7-17-10(8)3-2-9(14)11-4-5-12(18-11)13(15)16/h2-7H,1H3,(H,15,16)/b3-2+. The Hall–Kier alpha value is -1.72. The molecule has 0 saturated heterocycles. The Morgan fingerprint density at radius 1 is 1.22 bits per heavy atom. The molecule has 0 aliphatic rings. The van der Waals surface area contributed by atoms with Gasteiger partial charge < -0.3 is 5.11 Å². The molecular formula is C13H10O3S2. The first-order chi connectivity index (χ1) is 8.58. The Bertz CT molecular complexity index is 620. The average molecular weight is 278 g/mol. The smallest absolute Gasteiger partial charge is 0.345 e. The second-order valence-corrected chi connectivity index (χ2v) is 5.67. The van der Waals surface area contributed by atoms with Gasteiger partial charge in [-0.2, -0.15) is 0 Å². The summed E-state index contributed by atoms with van der Waals surface area (Å²) in [5, 5.41) is 10.7. The van der Waals surface area contributed by atoms with Crippen LogP contribution in [-0.4, -0.2) is 16.9 Å². The van der Waals surface area contributed by atoms with Crippen LogP contribution < -0.4 is 0 Å². The summed E-state index contributed by atoms with van der Waals surface area (Å²) < 4.78 is 0. The van der Waals surface area contributed by atoms with Crippen LogP contribution in [0.4, 0.5) is 0 Å². The summed E-state index contributed by atoms with van der Waals surface area (Å²) in [5.41, 5.74) is 1.13. The number of hydrogen-bond donors (Lipinski definition) is 1. The molecular weight excluding hydrogens is 268 g/mol. The molecule has 5 heteroatoms. The Kier molecular flexibility index (Phi) is 3.74. The lowest BCUT2D eigenvalue weighted by molar-refractivity contribution is 0.0702. The van der Waals surface area contributed by atoms with Gasteiger partial charge in [0.2, 0.25) is 0 Å². The van der Waals surface area contributed by atoms with Crippen LogP contribution in [0.1, 0.15) is 29.8 Å². The van der Waals surface area contributed by atoms with E-state index in [1.807, 2.05) is 18.4 Å². The molecule has 18 heavy (non-hydrogen) atoms. The summed E-state index contributed by atoms with van der Waals surface area (Å²) in [5.74, 6) is -1.17. The Morgan fingerprint density at radius 3 is 2.50 bits per heavy atom. The van der Waals surface area contributed by atoms with Crippen LogP contribution in [0.25, 0.3) is 6.08 Å². The van der Waals surface area contributed by atoms with E-state index in [1.54, 1.807) is 23.5 Å². The molecule has 2 aromatic heterocycles. The number of carbonyl (C=O) groups excluding carboxylic acids is 1. The maximum absolute atomic E-state index is 11.8. The van der Waals surface area contributed by atoms with Gasteiger partial charge in [0, 0.05) is 4.88 Å². The molecule has 0 unspecified atom stereocenters. The van der Waals surface area contributed by atoms with Gasteiger partial charge in [-0.3, -0.25) is 4.79 Å². The molecule has 0 saturated carbocycles. The van der Waals surface area contributed by atoms with Crippen molar-refractivity contribution in [2.75, 3.05) is 0 Å². The molecule has 0 aromatic carbocycles. The zero-order chi connectivity index (χ0) is 13.1. The topological polar surface area (TPSA) is 54.4 Å². The third-order valence-corrected chi connectivity index (χ3v) is 4.42. The van der Waals surface area contributed by atoms with Crippen molar-refractivity contribution >= 4 is 40.5 Å². The van der Waals surface area contributed by atoms with E-state index in [0.29, 0.717) is 4.88 Å². The highest BCUT2D eigenvalue weighted by Crippen LogP contribution is 2.20. The van der Waals surface area contributed by atoms with Crippen LogP contribution in [0.2, 0.25) is 0 Å². The van der Waals surface area contributed by atoms with Gasteiger partial charge in [0.1, 0.15) is 4.88 Å². The molecule has 2 heterocycles. The fourth-order valence-corrected chi connectivity index (χ4v) is 2.96. The number of hydrogen-bond acceptors (Lipinski definition) is 4. The average Bonchev–Trinajstić information content (AvgIpc) is 2.94. The van der Waals surface area contributed by atoms with Crippen molar-refractivity contribution < 1.29 is 14.7 Å². The Morgan fingerprint density at radius 2 is 1.94 bits per heavy atom. The second kappa shape index (κ2) is 5.29. The van der Waals surface area contributed by atoms with E-state index in [1.165, 1.54) is 12.1 Å². The zero-order valence-electron chi connectivity index (χ0n) is 9.54. The van der Waals surface area contributed by atoms with Crippen molar-refractivity contribution in [2.45, 2.75) is 6.92 Å². The highest BCUT2D eigenvalue weighted by atomic mass is 32.1. The van der Waals surface area contributed by atoms with Gasteiger partial charge in [-0.25, -0.2) is 4.79 Å². The predicted molar refractivity (Wildman–Crippen MR) is 73.7 cm³/mol. The molecule has 2 rings (SSSR count). The minimum atomic E-state index is -1.00. The first-order valence-corrected chi connectivity index (χ1v) is 6.87. The fourth-order valence-electron chi connectivity index (χ4n) is 1.37. The van der Waals surface area contributed by atoms with Crippen molar-refractivity contribution in [1.82, 2.24) is 0 Å². The fraction of sp³-hybridized carbons (Fsp3) is 0.0769. The molecule has 3 nitrogen and oxygen atoms in total. The van der Waals surface area contributed by atoms with E-state index >= 15 is 0 Å². The minimum absolute atomic E-state index is 0.166. The molecule has 92 valence electrons. The normalized spacial score (nSPS) is 10.9. The molecule has 0 aliphatic carbocycles. The van der Waals surface area contributed by atoms with Crippen LogP contribution in [0.3, 0.4) is 0 Å². The number of carboxylic acids is 1. The Labute approximate surface area is 112 Å². The van der Waals surface area contributed by atoms with E-state index in [-0.39, 0.29) is 10.7 Å². The van der Waals surface area contributed by atoms with Gasteiger partial charge in [-0.15, -0.1) is 22.7 Å². The first kappa shape index (κ1) is 12.7. The van der Waals surface area contributed by atoms with Crippen molar-refractivity contribution in [3.8, 4) is 0 Å². The number of aryl methyl sites for hydroxylation is 1. The molecule has 0 spiro atoms. The summed E-state index contributed by atoms with van der Waals surface area (Å²) in [6.07, 6.45) is 3.25. The van der Waals surface area contributed by atoms with Crippen molar-refractivity contribution in [2.24, 2.45) is 0 Å². The van der Waals surface area contributed by atoms with Gasteiger partial charge in [0.05, 0.1) is 4.88 Å². The first-order valence-electron chi connectivity index (χ1n) is 5.17. The van der Waals surface area contributed by atoms with Crippen molar-refractivity contribution in [3.05, 3.63) is 49.9 Å². The quantitative estimate of drug-likeness (QED) is 0.685. The lowest BCUT2D eigenvalue weighted by Gasteiger charge is -1.90. The van der Waals surface area contributed by atoms with Crippen molar-refractivity contribution in [1.29, 1.82) is 0 Å². The Balaban J connectivity index is 2.14. The molecule has 0 amide bonds. The van der Waals surface area contributed by atoms with Crippen LogP contribution in [0, 0.1) is 6.92 Å². The van der Waals surface area contributed by atoms with Gasteiger partial charge in [0.15, 0.2) is 5.78 Å². The largest absolute Gasteiger partial charge is 0.477 e. The minimum Gasteiger partial charge on any atom is -0.477 e. The molecule has 2 aromatic rings. The number of aromatic carboxylic acids is 1. The maximum Gasteiger partial charge on any atom is 0.345 e. The molecule has 0 fully saturated rings. The summed E-state index contributed by atoms with van der Waals surface area (Å²) in [7, 11) is 0. The molecule has 0 atom stereocenters. The van der Waals surface area contributed by atoms with Crippen LogP contribution in [-0.2, 0) is 0 Å². The lowest BCUT2D eigenvalue weighted by Crippen LogP contribution is -1.91. The van der Waals surface area contributed by atoms with E-state index in [9.17, 15) is 9.59 Å². The monoisotopic (exact) mass is 278 g/mol. The number of ketones is 1. The van der Waals surface area contributed by atoms with Crippen LogP contribution in [0.5, 0.6) is 0 Å². The molecule has 1 N–H and O–H groups in total. The number of thiophene rings is 2. The summed E-state index contributed by atoms with van der Waals surface area (Å²) in [4.78, 5) is 24.2. The summed E-state index contributed by atoms with van der Waals surface area (Å²) in [6.45, 7) is 1.98. The van der Waals surface area contributed by atoms with E-state index < -0.39 is 5.97 Å². The summed E-state index contributed by atoms with van der Waals surface area (Å²) >= 11 is 2.56. The number of carbonyl (C=O) groups is 2. The van der Waals surface area contributed by atoms with E-state index in [4.69, 9.17) is 5.11 Å². The number of allylic oxidation sites excluding steroid dienone is 1. The highest BCUT2D eigenvalue weighted by molar-refractivity contribution is 7.16.